The van der Waals surface area contributed by atoms with Crippen molar-refractivity contribution in [3.8, 4) is 11.4 Å². The molecule has 0 fully saturated rings. The van der Waals surface area contributed by atoms with E-state index in [2.05, 4.69) is 10.4 Å². The first kappa shape index (κ1) is 17.7. The minimum atomic E-state index is -0.169. The molecule has 0 saturated carbocycles. The molecule has 1 amide bonds. The number of nitrogens with one attached hydrogen (secondary N) is 1. The summed E-state index contributed by atoms with van der Waals surface area (Å²) in [4.78, 5) is 12.6. The van der Waals surface area contributed by atoms with Crippen molar-refractivity contribution in [3.05, 3.63) is 71.5 Å². The lowest BCUT2D eigenvalue weighted by Crippen LogP contribution is -2.13. The Balaban J connectivity index is 1.76. The van der Waals surface area contributed by atoms with Crippen molar-refractivity contribution in [2.45, 2.75) is 27.2 Å². The maximum Gasteiger partial charge on any atom is 0.255 e. The summed E-state index contributed by atoms with van der Waals surface area (Å²) in [5, 5.41) is 7.39. The molecule has 0 spiro atoms. The molecular formula is C21H23N3O2. The van der Waals surface area contributed by atoms with Crippen LogP contribution in [0.2, 0.25) is 0 Å². The second-order valence-corrected chi connectivity index (χ2v) is 6.18. The van der Waals surface area contributed by atoms with Crippen molar-refractivity contribution in [1.82, 2.24) is 9.78 Å². The smallest absolute Gasteiger partial charge is 0.255 e. The number of ether oxygens (including phenoxy) is 1. The van der Waals surface area contributed by atoms with Gasteiger partial charge in [0.25, 0.3) is 5.91 Å². The summed E-state index contributed by atoms with van der Waals surface area (Å²) in [6, 6.07) is 16.9. The number of anilines is 1. The molecule has 1 heterocycles. The van der Waals surface area contributed by atoms with Crippen LogP contribution in [0.3, 0.4) is 0 Å². The predicted molar refractivity (Wildman–Crippen MR) is 103 cm³/mol. The van der Waals surface area contributed by atoms with Gasteiger partial charge in [-0.05, 0) is 62.7 Å². The van der Waals surface area contributed by atoms with Crippen LogP contribution >= 0.6 is 0 Å². The van der Waals surface area contributed by atoms with E-state index in [0.717, 1.165) is 23.5 Å². The lowest BCUT2D eigenvalue weighted by atomic mass is 10.2. The molecule has 3 rings (SSSR count). The van der Waals surface area contributed by atoms with Crippen LogP contribution < -0.4 is 10.1 Å². The molecule has 2 aromatic carbocycles. The molecule has 5 nitrogen and oxygen atoms in total. The zero-order valence-corrected chi connectivity index (χ0v) is 15.3. The molecule has 0 aliphatic rings. The third-order valence-electron chi connectivity index (χ3n) is 3.98. The van der Waals surface area contributed by atoms with Gasteiger partial charge >= 0.3 is 0 Å². The third-order valence-corrected chi connectivity index (χ3v) is 3.98. The fraction of sp³-hybridized carbons (Fsp3) is 0.238. The number of benzene rings is 2. The second-order valence-electron chi connectivity index (χ2n) is 6.18. The van der Waals surface area contributed by atoms with Crippen LogP contribution in [0.25, 0.3) is 5.69 Å². The topological polar surface area (TPSA) is 56.1 Å². The number of hydrogen-bond donors (Lipinski definition) is 1. The Morgan fingerprint density at radius 2 is 1.85 bits per heavy atom. The van der Waals surface area contributed by atoms with Crippen LogP contribution in [0.5, 0.6) is 5.75 Å². The summed E-state index contributed by atoms with van der Waals surface area (Å²) in [5.41, 5.74) is 4.21. The highest BCUT2D eigenvalue weighted by molar-refractivity contribution is 6.05. The SMILES string of the molecule is CCCOc1ccccc1NC(=O)c1ccc(-n2nc(C)cc2C)cc1. The Morgan fingerprint density at radius 1 is 1.12 bits per heavy atom. The van der Waals surface area contributed by atoms with E-state index in [0.29, 0.717) is 23.6 Å². The quantitative estimate of drug-likeness (QED) is 0.711. The van der Waals surface area contributed by atoms with E-state index in [1.54, 1.807) is 12.1 Å². The standard InChI is InChI=1S/C21H23N3O2/c1-4-13-26-20-8-6-5-7-19(20)22-21(25)17-9-11-18(12-10-17)24-16(3)14-15(2)23-24/h5-12,14H,4,13H2,1-3H3,(H,22,25). The highest BCUT2D eigenvalue weighted by Gasteiger charge is 2.11. The van der Waals surface area contributed by atoms with Crippen LogP contribution in [0.4, 0.5) is 5.69 Å². The molecule has 0 saturated heterocycles. The summed E-state index contributed by atoms with van der Waals surface area (Å²) >= 11 is 0. The maximum absolute atomic E-state index is 12.6. The van der Waals surface area contributed by atoms with E-state index in [4.69, 9.17) is 4.74 Å². The minimum absolute atomic E-state index is 0.169. The van der Waals surface area contributed by atoms with Gasteiger partial charge in [-0.1, -0.05) is 19.1 Å². The van der Waals surface area contributed by atoms with Gasteiger partial charge in [-0.25, -0.2) is 4.68 Å². The van der Waals surface area contributed by atoms with Gasteiger partial charge < -0.3 is 10.1 Å². The number of rotatable bonds is 6. The van der Waals surface area contributed by atoms with Crippen LogP contribution in [0.1, 0.15) is 35.1 Å². The predicted octanol–water partition coefficient (Wildman–Crippen LogP) is 4.53. The summed E-state index contributed by atoms with van der Waals surface area (Å²) < 4.78 is 7.56. The van der Waals surface area contributed by atoms with E-state index in [1.165, 1.54) is 0 Å². The molecule has 0 unspecified atom stereocenters. The molecule has 5 heteroatoms. The maximum atomic E-state index is 12.6. The molecule has 0 atom stereocenters. The van der Waals surface area contributed by atoms with Gasteiger partial charge in [0, 0.05) is 11.3 Å². The number of carbonyl (C=O) groups excluding carboxylic acids is 1. The van der Waals surface area contributed by atoms with Crippen molar-refractivity contribution in [2.75, 3.05) is 11.9 Å². The number of aromatic nitrogens is 2. The van der Waals surface area contributed by atoms with Crippen molar-refractivity contribution < 1.29 is 9.53 Å². The number of nitrogens with zero attached hydrogens (tertiary/aromatic N) is 2. The number of hydrogen-bond acceptors (Lipinski definition) is 3. The fourth-order valence-corrected chi connectivity index (χ4v) is 2.75. The van der Waals surface area contributed by atoms with Crippen LogP contribution in [-0.2, 0) is 0 Å². The molecule has 0 aliphatic heterocycles. The van der Waals surface area contributed by atoms with Crippen LogP contribution in [0.15, 0.2) is 54.6 Å². The van der Waals surface area contributed by atoms with Gasteiger partial charge in [0.1, 0.15) is 5.75 Å². The van der Waals surface area contributed by atoms with Gasteiger partial charge in [-0.15, -0.1) is 0 Å². The summed E-state index contributed by atoms with van der Waals surface area (Å²) in [7, 11) is 0. The highest BCUT2D eigenvalue weighted by Crippen LogP contribution is 2.24. The van der Waals surface area contributed by atoms with Gasteiger partial charge in [0.15, 0.2) is 0 Å². The van der Waals surface area contributed by atoms with Gasteiger partial charge in [-0.2, -0.15) is 5.10 Å². The minimum Gasteiger partial charge on any atom is -0.491 e. The summed E-state index contributed by atoms with van der Waals surface area (Å²) in [6.45, 7) is 6.63. The molecule has 1 aromatic heterocycles. The lowest BCUT2D eigenvalue weighted by molar-refractivity contribution is 0.102. The van der Waals surface area contributed by atoms with Crippen LogP contribution in [0, 0.1) is 13.8 Å². The Kier molecular flexibility index (Phi) is 5.37. The average Bonchev–Trinajstić information content (AvgIpc) is 2.99. The second kappa shape index (κ2) is 7.87. The molecule has 0 bridgehead atoms. The molecule has 134 valence electrons. The van der Waals surface area contributed by atoms with Crippen molar-refractivity contribution in [3.63, 3.8) is 0 Å². The molecule has 26 heavy (non-hydrogen) atoms. The normalized spacial score (nSPS) is 10.6. The zero-order valence-electron chi connectivity index (χ0n) is 15.3. The lowest BCUT2D eigenvalue weighted by Gasteiger charge is -2.12. The number of carbonyl (C=O) groups is 1. The van der Waals surface area contributed by atoms with Gasteiger partial charge in [-0.3, -0.25) is 4.79 Å². The largest absolute Gasteiger partial charge is 0.491 e. The average molecular weight is 349 g/mol. The fourth-order valence-electron chi connectivity index (χ4n) is 2.75. The Bertz CT molecular complexity index is 898. The van der Waals surface area contributed by atoms with Crippen molar-refractivity contribution in [1.29, 1.82) is 0 Å². The first-order chi connectivity index (χ1) is 12.6. The van der Waals surface area contributed by atoms with Crippen molar-refractivity contribution >= 4 is 11.6 Å². The van der Waals surface area contributed by atoms with E-state index in [-0.39, 0.29) is 5.91 Å². The molecule has 3 aromatic rings. The molecule has 0 radical (unpaired) electrons. The Hall–Kier alpha value is -3.08. The third kappa shape index (κ3) is 3.94. The Morgan fingerprint density at radius 3 is 2.50 bits per heavy atom. The number of aryl methyl sites for hydroxylation is 2. The first-order valence-corrected chi connectivity index (χ1v) is 8.75. The zero-order chi connectivity index (χ0) is 18.5. The van der Waals surface area contributed by atoms with Gasteiger partial charge in [0.2, 0.25) is 0 Å². The van der Waals surface area contributed by atoms with E-state index < -0.39 is 0 Å². The van der Waals surface area contributed by atoms with E-state index in [1.807, 2.05) is 67.9 Å². The molecule has 1 N–H and O–H groups in total. The number of para-hydroxylation sites is 2. The van der Waals surface area contributed by atoms with E-state index in [9.17, 15) is 4.79 Å². The van der Waals surface area contributed by atoms with Crippen LogP contribution in [-0.4, -0.2) is 22.3 Å². The summed E-state index contributed by atoms with van der Waals surface area (Å²) in [6.07, 6.45) is 0.913. The number of amides is 1. The monoisotopic (exact) mass is 349 g/mol. The summed E-state index contributed by atoms with van der Waals surface area (Å²) in [5.74, 6) is 0.513. The van der Waals surface area contributed by atoms with Crippen molar-refractivity contribution in [2.24, 2.45) is 0 Å². The highest BCUT2D eigenvalue weighted by atomic mass is 16.5. The first-order valence-electron chi connectivity index (χ1n) is 8.75. The molecular weight excluding hydrogens is 326 g/mol. The van der Waals surface area contributed by atoms with E-state index >= 15 is 0 Å². The molecule has 0 aliphatic carbocycles. The Labute approximate surface area is 153 Å². The van der Waals surface area contributed by atoms with Gasteiger partial charge in [0.05, 0.1) is 23.7 Å².